The Balaban J connectivity index is 1.82. The van der Waals surface area contributed by atoms with Crippen molar-refractivity contribution in [2.24, 2.45) is 0 Å². The molecule has 3 aromatic rings. The summed E-state index contributed by atoms with van der Waals surface area (Å²) in [4.78, 5) is 18.6. The number of nitrogens with one attached hydrogen (secondary N) is 1. The van der Waals surface area contributed by atoms with E-state index in [1.807, 2.05) is 12.3 Å². The molecule has 0 radical (unpaired) electrons. The minimum Gasteiger partial charge on any atom is -0.373 e. The van der Waals surface area contributed by atoms with Crippen molar-refractivity contribution in [3.63, 3.8) is 0 Å². The van der Waals surface area contributed by atoms with Gasteiger partial charge in [0.1, 0.15) is 0 Å². The number of allylic oxidation sites excluding steroid dienone is 1. The summed E-state index contributed by atoms with van der Waals surface area (Å²) in [6.07, 6.45) is 4.37. The minimum absolute atomic E-state index is 0.0237. The number of benzene rings is 1. The zero-order valence-corrected chi connectivity index (χ0v) is 14.8. The molecule has 3 nitrogen and oxygen atoms in total. The number of hydrogen-bond acceptors (Lipinski definition) is 4. The molecule has 1 aliphatic carbocycles. The number of thiophene rings is 1. The van der Waals surface area contributed by atoms with Gasteiger partial charge in [0.25, 0.3) is 0 Å². The van der Waals surface area contributed by atoms with Crippen molar-refractivity contribution in [1.82, 2.24) is 4.98 Å². The highest BCUT2D eigenvalue weighted by Gasteiger charge is 2.35. The van der Waals surface area contributed by atoms with Crippen LogP contribution >= 0.6 is 11.3 Å². The number of nitrogens with zero attached hydrogens (tertiary/aromatic N) is 1. The average Bonchev–Trinajstić information content (AvgIpc) is 3.06. The van der Waals surface area contributed by atoms with Gasteiger partial charge in [0.05, 0.1) is 11.6 Å². The van der Waals surface area contributed by atoms with E-state index in [1.54, 1.807) is 11.3 Å². The number of carbonyl (C=O) groups excluding carboxylic acids is 1. The molecule has 0 spiro atoms. The average molecular weight is 346 g/mol. The van der Waals surface area contributed by atoms with Gasteiger partial charge in [-0.05, 0) is 60.5 Å². The van der Waals surface area contributed by atoms with Crippen LogP contribution in [0, 0.1) is 6.92 Å². The van der Waals surface area contributed by atoms with Crippen LogP contribution in [0.25, 0.3) is 16.5 Å². The second-order valence-electron chi connectivity index (χ2n) is 6.77. The Labute approximate surface area is 150 Å². The third-order valence-corrected chi connectivity index (χ3v) is 6.38. The first-order valence-corrected chi connectivity index (χ1v) is 9.57. The number of pyridine rings is 1. The molecule has 4 heteroatoms. The number of hydrogen-bond donors (Lipinski definition) is 1. The summed E-state index contributed by atoms with van der Waals surface area (Å²) < 4.78 is 0. The number of Topliss-reactive ketones (excluding diaryl/α,β-unsaturated/α-hetero) is 1. The third kappa shape index (κ3) is 2.17. The number of rotatable bonds is 1. The Morgan fingerprint density at radius 1 is 1.20 bits per heavy atom. The van der Waals surface area contributed by atoms with Crippen LogP contribution in [0.1, 0.15) is 41.3 Å². The summed E-state index contributed by atoms with van der Waals surface area (Å²) in [6, 6.07) is 10.4. The van der Waals surface area contributed by atoms with Crippen LogP contribution in [-0.4, -0.2) is 10.8 Å². The highest BCUT2D eigenvalue weighted by atomic mass is 32.1. The lowest BCUT2D eigenvalue weighted by molar-refractivity contribution is -0.116. The molecular formula is C21H18N2OS. The molecule has 124 valence electrons. The molecule has 0 saturated carbocycles. The molecule has 1 N–H and O–H groups in total. The number of aryl methyl sites for hydroxylation is 1. The van der Waals surface area contributed by atoms with Crippen molar-refractivity contribution in [1.29, 1.82) is 0 Å². The molecule has 1 atom stereocenters. The van der Waals surface area contributed by atoms with E-state index in [1.165, 1.54) is 21.6 Å². The molecule has 5 rings (SSSR count). The lowest BCUT2D eigenvalue weighted by Crippen LogP contribution is -2.27. The van der Waals surface area contributed by atoms with Gasteiger partial charge in [-0.2, -0.15) is 0 Å². The maximum absolute atomic E-state index is 12.9. The standard InChI is InChI=1S/C21H18N2OS/c1-12-9-11-25-21(12)20-19-14(4-2-6-17(19)24)18-13-5-3-10-22-15(13)7-8-16(18)23-20/h3,5,7-11,20,23H,2,4,6H2,1H3/t20-/m1/s1. The molecule has 2 aliphatic rings. The van der Waals surface area contributed by atoms with Crippen molar-refractivity contribution < 1.29 is 4.79 Å². The van der Waals surface area contributed by atoms with Gasteiger partial charge >= 0.3 is 0 Å². The van der Waals surface area contributed by atoms with E-state index in [0.717, 1.165) is 35.0 Å². The van der Waals surface area contributed by atoms with E-state index in [-0.39, 0.29) is 11.8 Å². The van der Waals surface area contributed by atoms with Crippen LogP contribution in [0.5, 0.6) is 0 Å². The second-order valence-corrected chi connectivity index (χ2v) is 7.72. The van der Waals surface area contributed by atoms with Gasteiger partial charge in [-0.15, -0.1) is 11.3 Å². The summed E-state index contributed by atoms with van der Waals surface area (Å²) >= 11 is 1.73. The Bertz CT molecular complexity index is 1050. The first-order chi connectivity index (χ1) is 12.2. The zero-order valence-electron chi connectivity index (χ0n) is 14.0. The van der Waals surface area contributed by atoms with Gasteiger partial charge in [0.2, 0.25) is 0 Å². The van der Waals surface area contributed by atoms with Crippen LogP contribution in [0.15, 0.2) is 47.5 Å². The first kappa shape index (κ1) is 14.8. The molecule has 0 amide bonds. The minimum atomic E-state index is -0.0237. The molecular weight excluding hydrogens is 328 g/mol. The summed E-state index contributed by atoms with van der Waals surface area (Å²) in [7, 11) is 0. The Morgan fingerprint density at radius 3 is 2.96 bits per heavy atom. The van der Waals surface area contributed by atoms with Crippen molar-refractivity contribution >= 4 is 39.3 Å². The van der Waals surface area contributed by atoms with Gasteiger partial charge in [-0.25, -0.2) is 0 Å². The number of fused-ring (bicyclic) bond motifs is 4. The van der Waals surface area contributed by atoms with Crippen molar-refractivity contribution in [3.8, 4) is 0 Å². The van der Waals surface area contributed by atoms with Crippen molar-refractivity contribution in [2.75, 3.05) is 5.32 Å². The molecule has 2 aromatic heterocycles. The third-order valence-electron chi connectivity index (χ3n) is 5.30. The van der Waals surface area contributed by atoms with E-state index in [0.29, 0.717) is 6.42 Å². The Morgan fingerprint density at radius 2 is 2.12 bits per heavy atom. The summed E-state index contributed by atoms with van der Waals surface area (Å²) in [5.41, 5.74) is 6.73. The van der Waals surface area contributed by atoms with Gasteiger partial charge in [-0.1, -0.05) is 6.07 Å². The molecule has 0 bridgehead atoms. The predicted molar refractivity (Wildman–Crippen MR) is 103 cm³/mol. The normalized spacial score (nSPS) is 19.6. The Hall–Kier alpha value is -2.46. The second kappa shape index (κ2) is 5.53. The summed E-state index contributed by atoms with van der Waals surface area (Å²) in [6.45, 7) is 2.13. The van der Waals surface area contributed by atoms with Crippen molar-refractivity contribution in [3.05, 3.63) is 63.5 Å². The molecule has 1 aromatic carbocycles. The van der Waals surface area contributed by atoms with Gasteiger partial charge in [0.15, 0.2) is 5.78 Å². The van der Waals surface area contributed by atoms with Gasteiger partial charge in [0, 0.05) is 39.7 Å². The highest BCUT2D eigenvalue weighted by Crippen LogP contribution is 2.48. The van der Waals surface area contributed by atoms with Crippen LogP contribution in [0.2, 0.25) is 0 Å². The van der Waals surface area contributed by atoms with Crippen molar-refractivity contribution in [2.45, 2.75) is 32.2 Å². The maximum atomic E-state index is 12.9. The zero-order chi connectivity index (χ0) is 17.0. The predicted octanol–water partition coefficient (Wildman–Crippen LogP) is 5.28. The van der Waals surface area contributed by atoms with E-state index >= 15 is 0 Å². The van der Waals surface area contributed by atoms with E-state index in [4.69, 9.17) is 0 Å². The SMILES string of the molecule is Cc1ccsc1[C@@H]1Nc2ccc3ncccc3c2C2=C1C(=O)CCC2. The van der Waals surface area contributed by atoms with Crippen LogP contribution in [0.3, 0.4) is 0 Å². The summed E-state index contributed by atoms with van der Waals surface area (Å²) in [5.74, 6) is 0.290. The van der Waals surface area contributed by atoms with E-state index in [9.17, 15) is 4.79 Å². The van der Waals surface area contributed by atoms with Crippen LogP contribution in [0.4, 0.5) is 5.69 Å². The van der Waals surface area contributed by atoms with E-state index in [2.05, 4.69) is 46.9 Å². The first-order valence-electron chi connectivity index (χ1n) is 8.69. The van der Waals surface area contributed by atoms with Crippen LogP contribution in [-0.2, 0) is 4.79 Å². The molecule has 25 heavy (non-hydrogen) atoms. The van der Waals surface area contributed by atoms with E-state index < -0.39 is 0 Å². The highest BCUT2D eigenvalue weighted by molar-refractivity contribution is 7.10. The van der Waals surface area contributed by atoms with Crippen LogP contribution < -0.4 is 5.32 Å². The Kier molecular flexibility index (Phi) is 3.28. The number of carbonyl (C=O) groups is 1. The molecule has 0 fully saturated rings. The molecule has 1 aliphatic heterocycles. The smallest absolute Gasteiger partial charge is 0.161 e. The maximum Gasteiger partial charge on any atom is 0.161 e. The molecule has 0 saturated heterocycles. The lowest BCUT2D eigenvalue weighted by atomic mass is 9.78. The monoisotopic (exact) mass is 346 g/mol. The molecule has 3 heterocycles. The lowest BCUT2D eigenvalue weighted by Gasteiger charge is -2.34. The van der Waals surface area contributed by atoms with Gasteiger partial charge in [-0.3, -0.25) is 9.78 Å². The topological polar surface area (TPSA) is 42.0 Å². The fourth-order valence-corrected chi connectivity index (χ4v) is 5.15. The number of anilines is 1. The van der Waals surface area contributed by atoms with Gasteiger partial charge < -0.3 is 5.32 Å². The summed E-state index contributed by atoms with van der Waals surface area (Å²) in [5, 5.41) is 6.91. The fraction of sp³-hybridized carbons (Fsp3) is 0.238. The fourth-order valence-electron chi connectivity index (χ4n) is 4.16. The molecule has 0 unspecified atom stereocenters. The number of ketones is 1. The largest absolute Gasteiger partial charge is 0.373 e. The number of aromatic nitrogens is 1. The quantitative estimate of drug-likeness (QED) is 0.652.